The van der Waals surface area contributed by atoms with Gasteiger partial charge in [-0.3, -0.25) is 4.79 Å². The average Bonchev–Trinajstić information content (AvgIpc) is 2.52. The normalized spacial score (nSPS) is 18.5. The number of likely N-dealkylation sites (tertiary alicyclic amines) is 1. The molecule has 114 valence electrons. The second-order valence-corrected chi connectivity index (χ2v) is 6.33. The molecular weight excluding hydrogens is 286 g/mol. The quantitative estimate of drug-likeness (QED) is 0.820. The summed E-state index contributed by atoms with van der Waals surface area (Å²) in [5.41, 5.74) is 1.26. The Labute approximate surface area is 129 Å². The number of benzene rings is 1. The molecule has 0 aliphatic carbocycles. The van der Waals surface area contributed by atoms with Gasteiger partial charge in [0, 0.05) is 6.54 Å². The number of nitrogens with zero attached hydrogens (tertiary/aromatic N) is 1. The molecule has 5 heteroatoms. The molecule has 0 bridgehead atoms. The third-order valence-electron chi connectivity index (χ3n) is 3.71. The molecule has 4 nitrogen and oxygen atoms in total. The zero-order chi connectivity index (χ0) is 15.1. The number of carbonyl (C=O) groups is 2. The van der Waals surface area contributed by atoms with E-state index in [0.29, 0.717) is 18.7 Å². The Morgan fingerprint density at radius 1 is 1.24 bits per heavy atom. The minimum absolute atomic E-state index is 0.0415. The van der Waals surface area contributed by atoms with E-state index in [2.05, 4.69) is 12.1 Å². The predicted octanol–water partition coefficient (Wildman–Crippen LogP) is 2.43. The molecule has 1 amide bonds. The van der Waals surface area contributed by atoms with Crippen LogP contribution >= 0.6 is 11.8 Å². The Balaban J connectivity index is 1.74. The summed E-state index contributed by atoms with van der Waals surface area (Å²) >= 11 is 1.58. The molecule has 1 aliphatic rings. The van der Waals surface area contributed by atoms with Gasteiger partial charge in [0.05, 0.1) is 5.75 Å². The van der Waals surface area contributed by atoms with Crippen LogP contribution in [0.25, 0.3) is 0 Å². The van der Waals surface area contributed by atoms with E-state index in [1.54, 1.807) is 16.7 Å². The molecule has 2 rings (SSSR count). The number of carboxylic acids is 1. The molecule has 0 aromatic heterocycles. The fraction of sp³-hybridized carbons (Fsp3) is 0.500. The fourth-order valence-corrected chi connectivity index (χ4v) is 3.43. The van der Waals surface area contributed by atoms with Gasteiger partial charge in [-0.25, -0.2) is 4.79 Å². The minimum Gasteiger partial charge on any atom is -0.480 e. The summed E-state index contributed by atoms with van der Waals surface area (Å²) in [6.07, 6.45) is 3.31. The highest BCUT2D eigenvalue weighted by molar-refractivity contribution is 7.99. The molecule has 1 aromatic rings. The van der Waals surface area contributed by atoms with Crippen LogP contribution in [-0.2, 0) is 16.0 Å². The summed E-state index contributed by atoms with van der Waals surface area (Å²) in [5.74, 6) is 0.329. The molecule has 0 radical (unpaired) electrons. The van der Waals surface area contributed by atoms with E-state index >= 15 is 0 Å². The molecule has 1 heterocycles. The Hall–Kier alpha value is -1.49. The van der Waals surface area contributed by atoms with Gasteiger partial charge in [-0.05, 0) is 37.0 Å². The van der Waals surface area contributed by atoms with Crippen LogP contribution in [0.2, 0.25) is 0 Å². The van der Waals surface area contributed by atoms with E-state index in [0.717, 1.165) is 25.0 Å². The summed E-state index contributed by atoms with van der Waals surface area (Å²) < 4.78 is 0. The first-order valence-electron chi connectivity index (χ1n) is 7.32. The second kappa shape index (κ2) is 8.08. The van der Waals surface area contributed by atoms with Gasteiger partial charge < -0.3 is 10.0 Å². The van der Waals surface area contributed by atoms with Crippen LogP contribution in [0.4, 0.5) is 0 Å². The molecule has 0 spiro atoms. The predicted molar refractivity (Wildman–Crippen MR) is 84.5 cm³/mol. The number of piperidine rings is 1. The van der Waals surface area contributed by atoms with Gasteiger partial charge in [0.1, 0.15) is 6.04 Å². The van der Waals surface area contributed by atoms with Crippen LogP contribution in [0.15, 0.2) is 30.3 Å². The van der Waals surface area contributed by atoms with Crippen molar-refractivity contribution in [1.82, 2.24) is 4.90 Å². The van der Waals surface area contributed by atoms with E-state index in [-0.39, 0.29) is 5.91 Å². The maximum absolute atomic E-state index is 12.2. The van der Waals surface area contributed by atoms with Gasteiger partial charge in [-0.1, -0.05) is 30.3 Å². The van der Waals surface area contributed by atoms with Gasteiger partial charge in [-0.2, -0.15) is 11.8 Å². The Kier molecular flexibility index (Phi) is 6.11. The first-order chi connectivity index (χ1) is 10.2. The van der Waals surface area contributed by atoms with Crippen molar-refractivity contribution in [2.45, 2.75) is 31.7 Å². The topological polar surface area (TPSA) is 57.6 Å². The summed E-state index contributed by atoms with van der Waals surface area (Å²) in [7, 11) is 0. The first kappa shape index (κ1) is 15.9. The third kappa shape index (κ3) is 4.77. The molecular formula is C16H21NO3S. The highest BCUT2D eigenvalue weighted by atomic mass is 32.2. The van der Waals surface area contributed by atoms with E-state index < -0.39 is 12.0 Å². The van der Waals surface area contributed by atoms with E-state index in [1.165, 1.54) is 5.56 Å². The van der Waals surface area contributed by atoms with Crippen molar-refractivity contribution in [3.63, 3.8) is 0 Å². The monoisotopic (exact) mass is 307 g/mol. The lowest BCUT2D eigenvalue weighted by Crippen LogP contribution is -2.48. The molecule has 1 atom stereocenters. The van der Waals surface area contributed by atoms with Gasteiger partial charge in [0.2, 0.25) is 5.91 Å². The summed E-state index contributed by atoms with van der Waals surface area (Å²) in [6.45, 7) is 0.578. The zero-order valence-corrected chi connectivity index (χ0v) is 12.8. The van der Waals surface area contributed by atoms with Crippen LogP contribution in [0.1, 0.15) is 24.8 Å². The van der Waals surface area contributed by atoms with Crippen molar-refractivity contribution in [3.05, 3.63) is 35.9 Å². The van der Waals surface area contributed by atoms with Crippen LogP contribution in [-0.4, -0.2) is 46.0 Å². The van der Waals surface area contributed by atoms with Crippen LogP contribution < -0.4 is 0 Å². The zero-order valence-electron chi connectivity index (χ0n) is 12.0. The Morgan fingerprint density at radius 3 is 2.71 bits per heavy atom. The molecule has 1 aromatic carbocycles. The van der Waals surface area contributed by atoms with E-state index in [9.17, 15) is 14.7 Å². The van der Waals surface area contributed by atoms with Gasteiger partial charge in [0.15, 0.2) is 0 Å². The summed E-state index contributed by atoms with van der Waals surface area (Å²) in [4.78, 5) is 24.9. The Morgan fingerprint density at radius 2 is 2.00 bits per heavy atom. The number of thioether (sulfide) groups is 1. The molecule has 0 saturated carbocycles. The number of carboxylic acid groups (broad SMARTS) is 1. The molecule has 1 aliphatic heterocycles. The SMILES string of the molecule is O=C(O)[C@H]1CCCCN1C(=O)CSCCc1ccccc1. The molecule has 1 saturated heterocycles. The van der Waals surface area contributed by atoms with Gasteiger partial charge in [0.25, 0.3) is 0 Å². The van der Waals surface area contributed by atoms with Crippen molar-refractivity contribution < 1.29 is 14.7 Å². The standard InChI is InChI=1S/C16H21NO3S/c18-15(17-10-5-4-8-14(17)16(19)20)12-21-11-9-13-6-2-1-3-7-13/h1-3,6-7,14H,4-5,8-12H2,(H,19,20)/t14-/m1/s1. The third-order valence-corrected chi connectivity index (χ3v) is 4.66. The number of rotatable bonds is 6. The maximum atomic E-state index is 12.2. The average molecular weight is 307 g/mol. The lowest BCUT2D eigenvalue weighted by atomic mass is 10.0. The second-order valence-electron chi connectivity index (χ2n) is 5.23. The highest BCUT2D eigenvalue weighted by Crippen LogP contribution is 2.19. The number of aliphatic carboxylic acids is 1. The number of hydrogen-bond donors (Lipinski definition) is 1. The smallest absolute Gasteiger partial charge is 0.326 e. The number of carbonyl (C=O) groups excluding carboxylic acids is 1. The van der Waals surface area contributed by atoms with Crippen LogP contribution in [0.5, 0.6) is 0 Å². The summed E-state index contributed by atoms with van der Waals surface area (Å²) in [5, 5.41) is 9.18. The van der Waals surface area contributed by atoms with Crippen molar-refractivity contribution in [3.8, 4) is 0 Å². The minimum atomic E-state index is -0.877. The maximum Gasteiger partial charge on any atom is 0.326 e. The van der Waals surface area contributed by atoms with Gasteiger partial charge >= 0.3 is 5.97 Å². The van der Waals surface area contributed by atoms with Gasteiger partial charge in [-0.15, -0.1) is 0 Å². The van der Waals surface area contributed by atoms with Crippen molar-refractivity contribution in [1.29, 1.82) is 0 Å². The van der Waals surface area contributed by atoms with E-state index in [4.69, 9.17) is 0 Å². The molecule has 1 N–H and O–H groups in total. The van der Waals surface area contributed by atoms with E-state index in [1.807, 2.05) is 18.2 Å². The number of amides is 1. The lowest BCUT2D eigenvalue weighted by molar-refractivity contribution is -0.150. The lowest BCUT2D eigenvalue weighted by Gasteiger charge is -2.32. The van der Waals surface area contributed by atoms with Crippen LogP contribution in [0.3, 0.4) is 0 Å². The molecule has 1 fully saturated rings. The van der Waals surface area contributed by atoms with Crippen molar-refractivity contribution in [2.24, 2.45) is 0 Å². The highest BCUT2D eigenvalue weighted by Gasteiger charge is 2.31. The molecule has 0 unspecified atom stereocenters. The Bertz CT molecular complexity index is 478. The first-order valence-corrected chi connectivity index (χ1v) is 8.48. The van der Waals surface area contributed by atoms with Crippen molar-refractivity contribution in [2.75, 3.05) is 18.1 Å². The number of hydrogen-bond acceptors (Lipinski definition) is 3. The fourth-order valence-electron chi connectivity index (χ4n) is 2.56. The largest absolute Gasteiger partial charge is 0.480 e. The van der Waals surface area contributed by atoms with Crippen molar-refractivity contribution >= 4 is 23.6 Å². The number of aryl methyl sites for hydroxylation is 1. The summed E-state index contributed by atoms with van der Waals surface area (Å²) in [6, 6.07) is 9.54. The molecule has 21 heavy (non-hydrogen) atoms. The van der Waals surface area contributed by atoms with Crippen LogP contribution in [0, 0.1) is 0 Å².